The van der Waals surface area contributed by atoms with E-state index >= 15 is 0 Å². The fourth-order valence-electron chi connectivity index (χ4n) is 4.80. The van der Waals surface area contributed by atoms with E-state index in [9.17, 15) is 34.8 Å². The van der Waals surface area contributed by atoms with Crippen LogP contribution in [0.1, 0.15) is 47.6 Å². The van der Waals surface area contributed by atoms with Gasteiger partial charge in [0.25, 0.3) is 0 Å². The number of pyridine rings is 1. The number of rotatable bonds is 7. The molecule has 2 heterocycles. The third kappa shape index (κ3) is 6.89. The Bertz CT molecular complexity index is 1430. The number of alkyl halides is 6. The van der Waals surface area contributed by atoms with E-state index in [1.54, 1.807) is 25.1 Å². The van der Waals surface area contributed by atoms with Gasteiger partial charge in [0.15, 0.2) is 9.84 Å². The van der Waals surface area contributed by atoms with Gasteiger partial charge in [-0.05, 0) is 63.0 Å². The van der Waals surface area contributed by atoms with Crippen LogP contribution in [-0.2, 0) is 27.9 Å². The van der Waals surface area contributed by atoms with E-state index in [-0.39, 0.29) is 18.0 Å². The Labute approximate surface area is 227 Å². The highest BCUT2D eigenvalue weighted by Crippen LogP contribution is 2.41. The summed E-state index contributed by atoms with van der Waals surface area (Å²) in [4.78, 5) is 12.4. The monoisotopic (exact) mass is 588 g/mol. The molecule has 0 radical (unpaired) electrons. The van der Waals surface area contributed by atoms with Crippen LogP contribution in [0.2, 0.25) is 0 Å². The second-order valence-electron chi connectivity index (χ2n) is 9.80. The fraction of sp³-hybridized carbons (Fsp3) is 0.423. The first-order valence-electron chi connectivity index (χ1n) is 12.2. The molecule has 14 heteroatoms. The molecule has 0 bridgehead atoms. The lowest BCUT2D eigenvalue weighted by Gasteiger charge is -2.40. The van der Waals surface area contributed by atoms with Crippen LogP contribution in [0, 0.1) is 0 Å². The van der Waals surface area contributed by atoms with Gasteiger partial charge in [0, 0.05) is 18.4 Å². The first-order chi connectivity index (χ1) is 18.6. The Balaban J connectivity index is 1.58. The number of likely N-dealkylation sites (N-methyl/N-ethyl adjacent to an activating group) is 1. The molecule has 0 aliphatic heterocycles. The molecule has 3 atom stereocenters. The molecule has 1 fully saturated rings. The van der Waals surface area contributed by atoms with E-state index in [0.29, 0.717) is 24.5 Å². The molecule has 0 saturated heterocycles. The van der Waals surface area contributed by atoms with Crippen LogP contribution in [0.4, 0.5) is 26.3 Å². The van der Waals surface area contributed by atoms with Crippen molar-refractivity contribution in [3.05, 3.63) is 77.5 Å². The largest absolute Gasteiger partial charge is 0.472 e. The predicted octanol–water partition coefficient (Wildman–Crippen LogP) is 5.53. The highest BCUT2D eigenvalue weighted by atomic mass is 32.2. The van der Waals surface area contributed by atoms with Gasteiger partial charge in [-0.15, -0.1) is 0 Å². The zero-order valence-corrected chi connectivity index (χ0v) is 22.3. The molecule has 3 aromatic rings. The molecule has 0 amide bonds. The van der Waals surface area contributed by atoms with Crippen molar-refractivity contribution >= 4 is 9.84 Å². The molecule has 0 spiro atoms. The van der Waals surface area contributed by atoms with Gasteiger partial charge in [0.05, 0.1) is 21.9 Å². The average Bonchev–Trinajstić information content (AvgIpc) is 2.88. The minimum Gasteiger partial charge on any atom is -0.472 e. The van der Waals surface area contributed by atoms with Crippen LogP contribution in [0.25, 0.3) is 0 Å². The molecule has 7 nitrogen and oxygen atoms in total. The molecule has 1 saturated carbocycles. The molecular weight excluding hydrogens is 562 g/mol. The summed E-state index contributed by atoms with van der Waals surface area (Å²) in [6.07, 6.45) is -6.00. The highest BCUT2D eigenvalue weighted by Gasteiger charge is 2.40. The van der Waals surface area contributed by atoms with Gasteiger partial charge < -0.3 is 9.64 Å². The van der Waals surface area contributed by atoms with Crippen molar-refractivity contribution in [3.63, 3.8) is 0 Å². The van der Waals surface area contributed by atoms with Crippen molar-refractivity contribution in [1.82, 2.24) is 19.9 Å². The van der Waals surface area contributed by atoms with E-state index in [1.807, 2.05) is 0 Å². The second kappa shape index (κ2) is 11.3. The fourth-order valence-corrected chi connectivity index (χ4v) is 6.03. The molecule has 40 heavy (non-hydrogen) atoms. The summed E-state index contributed by atoms with van der Waals surface area (Å²) in [6.45, 7) is 0. The van der Waals surface area contributed by atoms with E-state index in [1.165, 1.54) is 18.3 Å². The number of nitrogens with zero attached hydrogens (tertiary/aromatic N) is 4. The lowest BCUT2D eigenvalue weighted by Crippen LogP contribution is -2.46. The molecule has 4 rings (SSSR count). The van der Waals surface area contributed by atoms with E-state index < -0.39 is 62.0 Å². The maximum atomic E-state index is 14.0. The van der Waals surface area contributed by atoms with Gasteiger partial charge in [-0.2, -0.15) is 26.3 Å². The third-order valence-corrected chi connectivity index (χ3v) is 8.46. The van der Waals surface area contributed by atoms with E-state index in [0.717, 1.165) is 24.7 Å². The minimum atomic E-state index is -4.97. The van der Waals surface area contributed by atoms with Crippen molar-refractivity contribution in [3.8, 4) is 5.88 Å². The van der Waals surface area contributed by atoms with E-state index in [2.05, 4.69) is 15.0 Å². The van der Waals surface area contributed by atoms with Crippen molar-refractivity contribution < 1.29 is 39.5 Å². The van der Waals surface area contributed by atoms with Crippen LogP contribution < -0.4 is 4.74 Å². The summed E-state index contributed by atoms with van der Waals surface area (Å²) in [7, 11) is -0.809. The quantitative estimate of drug-likeness (QED) is 0.336. The number of aromatic nitrogens is 3. The summed E-state index contributed by atoms with van der Waals surface area (Å²) in [5.74, 6) is -1.67. The zero-order valence-electron chi connectivity index (χ0n) is 21.4. The van der Waals surface area contributed by atoms with Crippen LogP contribution in [0.3, 0.4) is 0 Å². The Morgan fingerprint density at radius 3 is 2.38 bits per heavy atom. The predicted molar refractivity (Wildman–Crippen MR) is 132 cm³/mol. The number of halogens is 6. The Kier molecular flexibility index (Phi) is 8.41. The van der Waals surface area contributed by atoms with Crippen molar-refractivity contribution in [2.24, 2.45) is 0 Å². The average molecular weight is 589 g/mol. The Hall–Kier alpha value is -3.26. The first-order valence-corrected chi connectivity index (χ1v) is 13.9. The van der Waals surface area contributed by atoms with Crippen LogP contribution in [0.15, 0.2) is 60.0 Å². The van der Waals surface area contributed by atoms with Crippen LogP contribution in [-0.4, -0.2) is 54.5 Å². The van der Waals surface area contributed by atoms with Gasteiger partial charge in [0.2, 0.25) is 5.88 Å². The molecule has 0 N–H and O–H groups in total. The summed E-state index contributed by atoms with van der Waals surface area (Å²) < 4.78 is 113. The summed E-state index contributed by atoms with van der Waals surface area (Å²) in [6, 6.07) is 6.43. The van der Waals surface area contributed by atoms with E-state index in [4.69, 9.17) is 4.74 Å². The molecular formula is C26H26F6N4O3S. The summed E-state index contributed by atoms with van der Waals surface area (Å²) in [5, 5.41) is 0. The van der Waals surface area contributed by atoms with Crippen LogP contribution >= 0.6 is 0 Å². The molecule has 2 aromatic heterocycles. The van der Waals surface area contributed by atoms with Crippen molar-refractivity contribution in [2.45, 2.75) is 60.3 Å². The minimum absolute atomic E-state index is 0.107. The normalized spacial score (nSPS) is 20.5. The molecule has 1 aliphatic rings. The van der Waals surface area contributed by atoms with Gasteiger partial charge in [-0.3, -0.25) is 0 Å². The summed E-state index contributed by atoms with van der Waals surface area (Å²) >= 11 is 0. The summed E-state index contributed by atoms with van der Waals surface area (Å²) in [5.41, 5.74) is -1.50. The molecule has 216 valence electrons. The van der Waals surface area contributed by atoms with Crippen molar-refractivity contribution in [1.29, 1.82) is 0 Å². The smallest absolute Gasteiger partial charge is 0.421 e. The standard InChI is InChI=1S/C26H26F6N4O3S/c1-36(2)22-11-17(16-4-3-5-18(10-16)25(27,28)29)6-7-23(22)39-24-21(26(30,31)32)12-20(13-34-24)40(37,38)14-19-8-9-33-15-35-19/h3-5,8-10,12-13,15,17,22-23H,6-7,11,14H2,1-2H3/t17-,22-,23-/m0/s1. The zero-order chi connectivity index (χ0) is 29.3. The SMILES string of the molecule is CN(C)[C@H]1C[C@@H](c2cccc(C(F)(F)F)c2)CC[C@@H]1Oc1ncc(S(=O)(=O)Cc2ccncn2)cc1C(F)(F)F. The number of sulfone groups is 1. The Morgan fingerprint density at radius 1 is 1.00 bits per heavy atom. The number of benzene rings is 1. The molecule has 1 aromatic carbocycles. The lowest BCUT2D eigenvalue weighted by atomic mass is 9.79. The maximum Gasteiger partial charge on any atom is 0.421 e. The Morgan fingerprint density at radius 2 is 1.75 bits per heavy atom. The molecule has 1 aliphatic carbocycles. The second-order valence-corrected chi connectivity index (χ2v) is 11.8. The highest BCUT2D eigenvalue weighted by molar-refractivity contribution is 7.90. The van der Waals surface area contributed by atoms with Crippen LogP contribution in [0.5, 0.6) is 5.88 Å². The number of ether oxygens (including phenoxy) is 1. The van der Waals surface area contributed by atoms with Gasteiger partial charge in [0.1, 0.15) is 18.0 Å². The van der Waals surface area contributed by atoms with Crippen molar-refractivity contribution in [2.75, 3.05) is 14.1 Å². The maximum absolute atomic E-state index is 14.0. The van der Waals surface area contributed by atoms with Gasteiger partial charge in [-0.1, -0.05) is 18.2 Å². The molecule has 0 unspecified atom stereocenters. The third-order valence-electron chi connectivity index (χ3n) is 6.84. The number of hydrogen-bond acceptors (Lipinski definition) is 7. The first kappa shape index (κ1) is 29.7. The van der Waals surface area contributed by atoms with Gasteiger partial charge in [-0.25, -0.2) is 23.4 Å². The lowest BCUT2D eigenvalue weighted by molar-refractivity contribution is -0.140. The number of hydrogen-bond donors (Lipinski definition) is 0. The topological polar surface area (TPSA) is 85.3 Å². The van der Waals surface area contributed by atoms with Gasteiger partial charge >= 0.3 is 12.4 Å².